The van der Waals surface area contributed by atoms with Crippen LogP contribution in [0.1, 0.15) is 6.42 Å². The molecule has 0 amide bonds. The fourth-order valence-electron chi connectivity index (χ4n) is 1.45. The van der Waals surface area contributed by atoms with E-state index in [2.05, 4.69) is 0 Å². The summed E-state index contributed by atoms with van der Waals surface area (Å²) in [7, 11) is 0. The summed E-state index contributed by atoms with van der Waals surface area (Å²) in [6, 6.07) is 0. The first-order valence-electron chi connectivity index (χ1n) is 4.12. The van der Waals surface area contributed by atoms with Gasteiger partial charge >= 0.3 is 5.97 Å². The SMILES string of the molecule is O=C(O)C1=CCC2(C=C1)OCCO2. The molecule has 0 unspecified atom stereocenters. The molecule has 4 nitrogen and oxygen atoms in total. The number of hydrogen-bond acceptors (Lipinski definition) is 3. The molecule has 1 aliphatic heterocycles. The molecule has 0 bridgehead atoms. The topological polar surface area (TPSA) is 55.8 Å². The van der Waals surface area contributed by atoms with Crippen molar-refractivity contribution in [2.24, 2.45) is 0 Å². The molecular weight excluding hydrogens is 172 g/mol. The number of hydrogen-bond donors (Lipinski definition) is 1. The molecule has 2 aliphatic rings. The molecule has 13 heavy (non-hydrogen) atoms. The van der Waals surface area contributed by atoms with Crippen molar-refractivity contribution in [3.8, 4) is 0 Å². The molecule has 1 fully saturated rings. The van der Waals surface area contributed by atoms with E-state index in [9.17, 15) is 4.79 Å². The van der Waals surface area contributed by atoms with Gasteiger partial charge in [0.15, 0.2) is 5.79 Å². The van der Waals surface area contributed by atoms with Gasteiger partial charge in [0.05, 0.1) is 18.8 Å². The first-order chi connectivity index (χ1) is 6.22. The number of aliphatic carboxylic acids is 1. The molecule has 1 spiro atoms. The monoisotopic (exact) mass is 182 g/mol. The minimum absolute atomic E-state index is 0.296. The molecular formula is C9H10O4. The molecule has 0 radical (unpaired) electrons. The highest BCUT2D eigenvalue weighted by Gasteiger charge is 2.34. The average molecular weight is 182 g/mol. The van der Waals surface area contributed by atoms with Crippen LogP contribution in [0.25, 0.3) is 0 Å². The lowest BCUT2D eigenvalue weighted by Gasteiger charge is -2.24. The lowest BCUT2D eigenvalue weighted by molar-refractivity contribution is -0.132. The Morgan fingerprint density at radius 2 is 2.15 bits per heavy atom. The van der Waals surface area contributed by atoms with Gasteiger partial charge in [-0.1, -0.05) is 6.08 Å². The van der Waals surface area contributed by atoms with Crippen LogP contribution in [0.4, 0.5) is 0 Å². The molecule has 0 atom stereocenters. The third kappa shape index (κ3) is 1.50. The molecule has 0 saturated carbocycles. The molecule has 0 aromatic carbocycles. The van der Waals surface area contributed by atoms with E-state index in [0.29, 0.717) is 25.2 Å². The highest BCUT2D eigenvalue weighted by atomic mass is 16.7. The number of carboxylic acid groups (broad SMARTS) is 1. The first kappa shape index (κ1) is 8.47. The van der Waals surface area contributed by atoms with E-state index in [1.165, 1.54) is 6.08 Å². The van der Waals surface area contributed by atoms with E-state index < -0.39 is 11.8 Å². The van der Waals surface area contributed by atoms with Gasteiger partial charge in [0, 0.05) is 6.42 Å². The Morgan fingerprint density at radius 3 is 2.62 bits per heavy atom. The Balaban J connectivity index is 2.12. The Bertz CT molecular complexity index is 284. The van der Waals surface area contributed by atoms with E-state index in [1.54, 1.807) is 12.2 Å². The van der Waals surface area contributed by atoms with E-state index in [-0.39, 0.29) is 0 Å². The standard InChI is InChI=1S/C9H10O4/c10-8(11)7-1-3-9(4-2-7)12-5-6-13-9/h1-3H,4-6H2,(H,10,11). The molecule has 0 aromatic heterocycles. The van der Waals surface area contributed by atoms with Crippen LogP contribution in [0.3, 0.4) is 0 Å². The van der Waals surface area contributed by atoms with Crippen molar-refractivity contribution in [2.45, 2.75) is 12.2 Å². The molecule has 0 aromatic rings. The summed E-state index contributed by atoms with van der Waals surface area (Å²) in [5, 5.41) is 8.67. The highest BCUT2D eigenvalue weighted by Crippen LogP contribution is 2.29. The van der Waals surface area contributed by atoms with Crippen LogP contribution in [-0.4, -0.2) is 30.1 Å². The fourth-order valence-corrected chi connectivity index (χ4v) is 1.45. The van der Waals surface area contributed by atoms with Crippen molar-refractivity contribution in [2.75, 3.05) is 13.2 Å². The van der Waals surface area contributed by atoms with Crippen LogP contribution in [0.15, 0.2) is 23.8 Å². The van der Waals surface area contributed by atoms with Crippen LogP contribution in [0.2, 0.25) is 0 Å². The van der Waals surface area contributed by atoms with Gasteiger partial charge in [-0.25, -0.2) is 4.79 Å². The molecule has 1 N–H and O–H groups in total. The van der Waals surface area contributed by atoms with E-state index >= 15 is 0 Å². The predicted molar refractivity (Wildman–Crippen MR) is 44.1 cm³/mol. The molecule has 70 valence electrons. The smallest absolute Gasteiger partial charge is 0.335 e. The lowest BCUT2D eigenvalue weighted by Crippen LogP contribution is -2.28. The van der Waals surface area contributed by atoms with Crippen molar-refractivity contribution >= 4 is 5.97 Å². The highest BCUT2D eigenvalue weighted by molar-refractivity contribution is 5.90. The third-order valence-corrected chi connectivity index (χ3v) is 2.15. The predicted octanol–water partition coefficient (Wildman–Crippen LogP) is 0.700. The third-order valence-electron chi connectivity index (χ3n) is 2.15. The van der Waals surface area contributed by atoms with E-state index in [4.69, 9.17) is 14.6 Å². The van der Waals surface area contributed by atoms with Gasteiger partial charge in [0.2, 0.25) is 0 Å². The second-order valence-electron chi connectivity index (χ2n) is 3.01. The van der Waals surface area contributed by atoms with E-state index in [1.807, 2.05) is 0 Å². The zero-order valence-electron chi connectivity index (χ0n) is 7.03. The number of carbonyl (C=O) groups is 1. The molecule has 1 saturated heterocycles. The zero-order valence-corrected chi connectivity index (χ0v) is 7.03. The number of rotatable bonds is 1. The van der Waals surface area contributed by atoms with Gasteiger partial charge in [0.1, 0.15) is 0 Å². The summed E-state index contributed by atoms with van der Waals surface area (Å²) < 4.78 is 10.7. The molecule has 4 heteroatoms. The lowest BCUT2D eigenvalue weighted by atomic mass is 10.0. The van der Waals surface area contributed by atoms with Gasteiger partial charge < -0.3 is 14.6 Å². The van der Waals surface area contributed by atoms with Crippen molar-refractivity contribution in [1.29, 1.82) is 0 Å². The molecule has 1 aliphatic carbocycles. The first-order valence-corrected chi connectivity index (χ1v) is 4.12. The van der Waals surface area contributed by atoms with Gasteiger partial charge in [-0.2, -0.15) is 0 Å². The van der Waals surface area contributed by atoms with Crippen molar-refractivity contribution < 1.29 is 19.4 Å². The average Bonchev–Trinajstić information content (AvgIpc) is 2.54. The van der Waals surface area contributed by atoms with Crippen LogP contribution in [-0.2, 0) is 14.3 Å². The second kappa shape index (κ2) is 2.97. The van der Waals surface area contributed by atoms with Crippen LogP contribution < -0.4 is 0 Å². The minimum Gasteiger partial charge on any atom is -0.478 e. The van der Waals surface area contributed by atoms with Gasteiger partial charge in [0.25, 0.3) is 0 Å². The summed E-state index contributed by atoms with van der Waals surface area (Å²) in [6.07, 6.45) is 5.29. The molecule has 1 heterocycles. The fraction of sp³-hybridized carbons (Fsp3) is 0.444. The summed E-state index contributed by atoms with van der Waals surface area (Å²) in [6.45, 7) is 1.14. The number of carboxylic acids is 1. The zero-order chi connectivity index (χ0) is 9.31. The van der Waals surface area contributed by atoms with Crippen molar-refractivity contribution in [3.05, 3.63) is 23.8 Å². The maximum absolute atomic E-state index is 10.6. The van der Waals surface area contributed by atoms with Crippen molar-refractivity contribution in [3.63, 3.8) is 0 Å². The van der Waals surface area contributed by atoms with Crippen molar-refractivity contribution in [1.82, 2.24) is 0 Å². The summed E-state index contributed by atoms with van der Waals surface area (Å²) >= 11 is 0. The normalized spacial score (nSPS) is 24.8. The van der Waals surface area contributed by atoms with Gasteiger partial charge in [-0.3, -0.25) is 0 Å². The van der Waals surface area contributed by atoms with Gasteiger partial charge in [-0.15, -0.1) is 0 Å². The Kier molecular flexibility index (Phi) is 1.94. The van der Waals surface area contributed by atoms with Crippen LogP contribution in [0, 0.1) is 0 Å². The minimum atomic E-state index is -0.913. The largest absolute Gasteiger partial charge is 0.478 e. The maximum atomic E-state index is 10.6. The van der Waals surface area contributed by atoms with Crippen LogP contribution >= 0.6 is 0 Å². The quantitative estimate of drug-likeness (QED) is 0.648. The Hall–Kier alpha value is -1.13. The molecule has 2 rings (SSSR count). The summed E-state index contributed by atoms with van der Waals surface area (Å²) in [5.74, 6) is -1.59. The summed E-state index contributed by atoms with van der Waals surface area (Å²) in [4.78, 5) is 10.6. The Morgan fingerprint density at radius 1 is 1.46 bits per heavy atom. The second-order valence-corrected chi connectivity index (χ2v) is 3.01. The maximum Gasteiger partial charge on any atom is 0.335 e. The summed E-state index contributed by atoms with van der Waals surface area (Å²) in [5.41, 5.74) is 0.296. The van der Waals surface area contributed by atoms with Gasteiger partial charge in [-0.05, 0) is 12.2 Å². The van der Waals surface area contributed by atoms with Crippen LogP contribution in [0.5, 0.6) is 0 Å². The number of ether oxygens (including phenoxy) is 2. The Labute approximate surface area is 75.5 Å². The van der Waals surface area contributed by atoms with E-state index in [0.717, 1.165) is 0 Å².